The molecule has 3 aliphatic rings. The topological polar surface area (TPSA) is 23.5 Å². The van der Waals surface area contributed by atoms with Crippen molar-refractivity contribution in [3.8, 4) is 0 Å². The normalized spacial score (nSPS) is 28.1. The molecule has 2 aliphatic carbocycles. The second kappa shape index (κ2) is 9.14. The highest BCUT2D eigenvalue weighted by molar-refractivity contribution is 5.07. The summed E-state index contributed by atoms with van der Waals surface area (Å²) in [5.41, 5.74) is 0.124. The first-order chi connectivity index (χ1) is 13.7. The molecule has 29 heavy (non-hydrogen) atoms. The molecule has 2 spiro atoms. The summed E-state index contributed by atoms with van der Waals surface area (Å²) >= 11 is 0. The van der Waals surface area contributed by atoms with Crippen LogP contribution in [0.1, 0.15) is 97.3 Å². The van der Waals surface area contributed by atoms with Crippen LogP contribution in [0.2, 0.25) is 0 Å². The summed E-state index contributed by atoms with van der Waals surface area (Å²) in [6.07, 6.45) is 16.6. The molecule has 0 bridgehead atoms. The molecule has 0 aromatic heterocycles. The summed E-state index contributed by atoms with van der Waals surface area (Å²) in [6.45, 7) is 9.93. The van der Waals surface area contributed by atoms with Gasteiger partial charge in [0.05, 0.1) is 64.4 Å². The first-order valence-electron chi connectivity index (χ1n) is 12.9. The molecule has 1 heterocycles. The maximum Gasteiger partial charge on any atom is 0.0927 e. The van der Waals surface area contributed by atoms with Crippen LogP contribution < -0.4 is 0 Å². The zero-order valence-corrected chi connectivity index (χ0v) is 20.4. The van der Waals surface area contributed by atoms with Gasteiger partial charge in [-0.3, -0.25) is 0 Å². The van der Waals surface area contributed by atoms with Gasteiger partial charge in [-0.15, -0.1) is 0 Å². The zero-order chi connectivity index (χ0) is 21.2. The summed E-state index contributed by atoms with van der Waals surface area (Å²) in [4.78, 5) is 0. The van der Waals surface area contributed by atoms with E-state index in [9.17, 15) is 5.21 Å². The molecule has 0 unspecified atom stereocenters. The van der Waals surface area contributed by atoms with Crippen molar-refractivity contribution in [2.45, 2.75) is 114 Å². The summed E-state index contributed by atoms with van der Waals surface area (Å²) in [5, 5.41) is 13.7. The van der Waals surface area contributed by atoms with Crippen molar-refractivity contribution in [1.29, 1.82) is 0 Å². The van der Waals surface area contributed by atoms with Gasteiger partial charge >= 0.3 is 0 Å². The van der Waals surface area contributed by atoms with Crippen molar-refractivity contribution in [3.63, 3.8) is 0 Å². The lowest BCUT2D eigenvalue weighted by atomic mass is 9.64. The van der Waals surface area contributed by atoms with E-state index < -0.39 is 0 Å². The van der Waals surface area contributed by atoms with Crippen molar-refractivity contribution in [3.05, 3.63) is 0 Å². The van der Waals surface area contributed by atoms with Gasteiger partial charge in [0.15, 0.2) is 0 Å². The van der Waals surface area contributed by atoms with E-state index >= 15 is 0 Å². The van der Waals surface area contributed by atoms with Gasteiger partial charge in [0.25, 0.3) is 0 Å². The minimum absolute atomic E-state index is 0.0619. The van der Waals surface area contributed by atoms with Crippen LogP contribution in [0.5, 0.6) is 0 Å². The van der Waals surface area contributed by atoms with Crippen molar-refractivity contribution in [2.75, 3.05) is 47.3 Å². The molecule has 4 heteroatoms. The molecule has 0 atom stereocenters. The molecular formula is C25H51N3O+2. The quantitative estimate of drug-likeness (QED) is 0.584. The highest BCUT2D eigenvalue weighted by Crippen LogP contribution is 2.52. The Morgan fingerprint density at radius 1 is 0.759 bits per heavy atom. The number of nitrogens with zero attached hydrogens (tertiary/aromatic N) is 3. The predicted molar refractivity (Wildman–Crippen MR) is 122 cm³/mol. The van der Waals surface area contributed by atoms with Gasteiger partial charge in [0, 0.05) is 19.3 Å². The molecule has 170 valence electrons. The van der Waals surface area contributed by atoms with Gasteiger partial charge in [-0.1, -0.05) is 38.5 Å². The van der Waals surface area contributed by atoms with E-state index in [1.54, 1.807) is 0 Å². The second-order valence-corrected chi connectivity index (χ2v) is 11.9. The summed E-state index contributed by atoms with van der Waals surface area (Å²) in [7, 11) is 6.97. The Morgan fingerprint density at radius 3 is 1.59 bits per heavy atom. The largest absolute Gasteiger partial charge is 0.331 e. The highest BCUT2D eigenvalue weighted by Gasteiger charge is 2.58. The van der Waals surface area contributed by atoms with Crippen LogP contribution in [0.4, 0.5) is 0 Å². The van der Waals surface area contributed by atoms with Crippen molar-refractivity contribution in [2.24, 2.45) is 0 Å². The van der Waals surface area contributed by atoms with Crippen molar-refractivity contribution < 1.29 is 14.2 Å². The minimum atomic E-state index is 0.0619. The van der Waals surface area contributed by atoms with Crippen LogP contribution in [-0.4, -0.2) is 83.7 Å². The van der Waals surface area contributed by atoms with Gasteiger partial charge in [-0.25, -0.2) is 0 Å². The smallest absolute Gasteiger partial charge is 0.0927 e. The lowest BCUT2D eigenvalue weighted by molar-refractivity contribution is -0.955. The van der Waals surface area contributed by atoms with Crippen LogP contribution in [-0.2, 0) is 0 Å². The second-order valence-electron chi connectivity index (χ2n) is 11.9. The number of hydrogen-bond donors (Lipinski definition) is 1. The third kappa shape index (κ3) is 4.86. The number of hydrogen-bond acceptors (Lipinski definition) is 2. The molecule has 2 saturated carbocycles. The van der Waals surface area contributed by atoms with Crippen LogP contribution in [0, 0.1) is 0 Å². The number of hydroxylamine groups is 2. The van der Waals surface area contributed by atoms with Crippen LogP contribution >= 0.6 is 0 Å². The standard InChI is InChI=1S/C25H51N3O/c1-6-28(7-2,20-14-19-27(3,4)5)23-21-24(15-10-8-11-16-24)26(29)25(22-23)17-12-9-13-18-25/h23,29H,6-22H2,1-5H3/q+2. The fourth-order valence-electron chi connectivity index (χ4n) is 7.36. The molecular weight excluding hydrogens is 358 g/mol. The van der Waals surface area contributed by atoms with Gasteiger partial charge < -0.3 is 14.2 Å². The molecule has 1 aliphatic heterocycles. The van der Waals surface area contributed by atoms with E-state index in [0.29, 0.717) is 0 Å². The van der Waals surface area contributed by atoms with E-state index in [2.05, 4.69) is 35.0 Å². The van der Waals surface area contributed by atoms with Gasteiger partial charge in [0.1, 0.15) is 0 Å². The molecule has 1 saturated heterocycles. The maximum absolute atomic E-state index is 11.7. The highest BCUT2D eigenvalue weighted by atomic mass is 16.5. The fourth-order valence-corrected chi connectivity index (χ4v) is 7.36. The first-order valence-corrected chi connectivity index (χ1v) is 12.9. The van der Waals surface area contributed by atoms with E-state index in [1.807, 2.05) is 5.06 Å². The van der Waals surface area contributed by atoms with Gasteiger partial charge in [-0.05, 0) is 39.5 Å². The predicted octanol–water partition coefficient (Wildman–Crippen LogP) is 5.20. The van der Waals surface area contributed by atoms with E-state index in [4.69, 9.17) is 0 Å². The molecule has 1 N–H and O–H groups in total. The monoisotopic (exact) mass is 409 g/mol. The average molecular weight is 410 g/mol. The third-order valence-electron chi connectivity index (χ3n) is 9.16. The molecule has 4 nitrogen and oxygen atoms in total. The van der Waals surface area contributed by atoms with Crippen LogP contribution in [0.3, 0.4) is 0 Å². The summed E-state index contributed by atoms with van der Waals surface area (Å²) < 4.78 is 2.34. The molecule has 0 aromatic carbocycles. The fraction of sp³-hybridized carbons (Fsp3) is 1.00. The Morgan fingerprint density at radius 2 is 1.21 bits per heavy atom. The minimum Gasteiger partial charge on any atom is -0.331 e. The Balaban J connectivity index is 1.88. The zero-order valence-electron chi connectivity index (χ0n) is 20.4. The first kappa shape index (κ1) is 23.5. The Labute approximate surface area is 181 Å². The lowest BCUT2D eigenvalue weighted by Crippen LogP contribution is -2.71. The molecule has 3 fully saturated rings. The van der Waals surface area contributed by atoms with Crippen molar-refractivity contribution >= 4 is 0 Å². The number of quaternary nitrogens is 2. The third-order valence-corrected chi connectivity index (χ3v) is 9.16. The Hall–Kier alpha value is -0.160. The number of rotatable bonds is 7. The molecule has 0 aromatic rings. The lowest BCUT2D eigenvalue weighted by Gasteiger charge is -2.62. The van der Waals surface area contributed by atoms with Crippen LogP contribution in [0.15, 0.2) is 0 Å². The Bertz CT molecular complexity index is 483. The van der Waals surface area contributed by atoms with Gasteiger partial charge in [0.2, 0.25) is 0 Å². The summed E-state index contributed by atoms with van der Waals surface area (Å²) in [5.74, 6) is 0. The van der Waals surface area contributed by atoms with E-state index in [1.165, 1.54) is 114 Å². The van der Waals surface area contributed by atoms with Crippen molar-refractivity contribution in [1.82, 2.24) is 5.06 Å². The Kier molecular flexibility index (Phi) is 7.41. The van der Waals surface area contributed by atoms with Gasteiger partial charge in [-0.2, -0.15) is 5.06 Å². The van der Waals surface area contributed by atoms with E-state index in [-0.39, 0.29) is 11.1 Å². The average Bonchev–Trinajstić information content (AvgIpc) is 2.70. The molecule has 3 rings (SSSR count). The summed E-state index contributed by atoms with van der Waals surface area (Å²) in [6, 6.07) is 0.720. The molecule has 0 amide bonds. The van der Waals surface area contributed by atoms with Crippen LogP contribution in [0.25, 0.3) is 0 Å². The maximum atomic E-state index is 11.7. The number of piperidine rings is 1. The molecule has 0 radical (unpaired) electrons. The SMILES string of the molecule is CC[N+](CC)(CCC[N+](C)(C)C)C1CC2(CCCCC2)N(O)C2(CCCCC2)C1. The van der Waals surface area contributed by atoms with E-state index in [0.717, 1.165) is 10.5 Å².